The van der Waals surface area contributed by atoms with Gasteiger partial charge in [0.05, 0.1) is 0 Å². The molecule has 0 atom stereocenters. The molecule has 3 nitrogen and oxygen atoms in total. The van der Waals surface area contributed by atoms with Gasteiger partial charge in [-0.1, -0.05) is 17.7 Å². The number of amides is 1. The number of aryl methyl sites for hydroxylation is 2. The Labute approximate surface area is 136 Å². The number of carbonyl (C=O) groups excluding carboxylic acids is 1. The SMILES string of the molecule is Cc1cc(Oc2cccc(C(=O)NC(C)C)c2)cc(C)c1Cl. The van der Waals surface area contributed by atoms with E-state index in [0.717, 1.165) is 16.1 Å². The number of carbonyl (C=O) groups is 1. The molecule has 116 valence electrons. The molecular formula is C18H20ClNO2. The molecule has 2 aromatic rings. The van der Waals surface area contributed by atoms with Crippen molar-refractivity contribution in [3.8, 4) is 11.5 Å². The standard InChI is InChI=1S/C18H20ClNO2/c1-11(2)20-18(21)14-6-5-7-15(10-14)22-16-8-12(3)17(19)13(4)9-16/h5-11H,1-4H3,(H,20,21). The first-order chi connectivity index (χ1) is 10.4. The van der Waals surface area contributed by atoms with Crippen LogP contribution in [0.2, 0.25) is 5.02 Å². The minimum Gasteiger partial charge on any atom is -0.457 e. The molecule has 2 aromatic carbocycles. The van der Waals surface area contributed by atoms with Crippen LogP contribution in [0.15, 0.2) is 36.4 Å². The molecule has 0 saturated heterocycles. The highest BCUT2D eigenvalue weighted by Crippen LogP contribution is 2.29. The van der Waals surface area contributed by atoms with E-state index in [1.165, 1.54) is 0 Å². The zero-order valence-corrected chi connectivity index (χ0v) is 14.0. The number of ether oxygens (including phenoxy) is 1. The Morgan fingerprint density at radius 1 is 1.09 bits per heavy atom. The van der Waals surface area contributed by atoms with Crippen LogP contribution >= 0.6 is 11.6 Å². The first-order valence-electron chi connectivity index (χ1n) is 7.22. The number of hydrogen-bond acceptors (Lipinski definition) is 2. The molecule has 2 rings (SSSR count). The van der Waals surface area contributed by atoms with Gasteiger partial charge in [0.2, 0.25) is 0 Å². The summed E-state index contributed by atoms with van der Waals surface area (Å²) in [4.78, 5) is 12.0. The lowest BCUT2D eigenvalue weighted by molar-refractivity contribution is 0.0943. The molecule has 22 heavy (non-hydrogen) atoms. The molecule has 1 N–H and O–H groups in total. The second-order valence-corrected chi connectivity index (χ2v) is 6.01. The van der Waals surface area contributed by atoms with Crippen molar-refractivity contribution in [1.29, 1.82) is 0 Å². The zero-order valence-electron chi connectivity index (χ0n) is 13.2. The van der Waals surface area contributed by atoms with Crippen LogP contribution in [-0.4, -0.2) is 11.9 Å². The van der Waals surface area contributed by atoms with E-state index in [1.807, 2.05) is 45.9 Å². The maximum absolute atomic E-state index is 12.0. The van der Waals surface area contributed by atoms with Gasteiger partial charge in [-0.05, 0) is 69.2 Å². The fourth-order valence-electron chi connectivity index (χ4n) is 2.15. The summed E-state index contributed by atoms with van der Waals surface area (Å²) < 4.78 is 5.85. The average Bonchev–Trinajstić information content (AvgIpc) is 2.44. The van der Waals surface area contributed by atoms with E-state index < -0.39 is 0 Å². The van der Waals surface area contributed by atoms with Gasteiger partial charge in [-0.25, -0.2) is 0 Å². The first-order valence-corrected chi connectivity index (χ1v) is 7.60. The lowest BCUT2D eigenvalue weighted by atomic mass is 10.1. The smallest absolute Gasteiger partial charge is 0.251 e. The zero-order chi connectivity index (χ0) is 16.3. The van der Waals surface area contributed by atoms with E-state index in [-0.39, 0.29) is 11.9 Å². The van der Waals surface area contributed by atoms with Crippen LogP contribution in [-0.2, 0) is 0 Å². The van der Waals surface area contributed by atoms with E-state index in [2.05, 4.69) is 5.32 Å². The molecule has 0 aromatic heterocycles. The summed E-state index contributed by atoms with van der Waals surface area (Å²) >= 11 is 6.16. The topological polar surface area (TPSA) is 38.3 Å². The number of rotatable bonds is 4. The minimum atomic E-state index is -0.107. The van der Waals surface area contributed by atoms with Crippen LogP contribution in [0.1, 0.15) is 35.3 Å². The normalized spacial score (nSPS) is 10.6. The summed E-state index contributed by atoms with van der Waals surface area (Å²) in [6.07, 6.45) is 0. The van der Waals surface area contributed by atoms with Crippen molar-refractivity contribution in [2.45, 2.75) is 33.7 Å². The molecule has 0 aliphatic rings. The van der Waals surface area contributed by atoms with Gasteiger partial charge < -0.3 is 10.1 Å². The van der Waals surface area contributed by atoms with Gasteiger partial charge in [-0.3, -0.25) is 4.79 Å². The third kappa shape index (κ3) is 4.01. The van der Waals surface area contributed by atoms with Crippen LogP contribution < -0.4 is 10.1 Å². The summed E-state index contributed by atoms with van der Waals surface area (Å²) in [6.45, 7) is 7.73. The van der Waals surface area contributed by atoms with E-state index >= 15 is 0 Å². The summed E-state index contributed by atoms with van der Waals surface area (Å²) in [5.41, 5.74) is 2.50. The Kier molecular flexibility index (Phi) is 5.09. The van der Waals surface area contributed by atoms with Crippen LogP contribution in [0, 0.1) is 13.8 Å². The first kappa shape index (κ1) is 16.4. The Balaban J connectivity index is 2.22. The van der Waals surface area contributed by atoms with Gasteiger partial charge in [0.1, 0.15) is 11.5 Å². The summed E-state index contributed by atoms with van der Waals surface area (Å²) in [5.74, 6) is 1.22. The van der Waals surface area contributed by atoms with E-state index in [4.69, 9.17) is 16.3 Å². The Morgan fingerprint density at radius 2 is 1.73 bits per heavy atom. The minimum absolute atomic E-state index is 0.0960. The molecule has 0 saturated carbocycles. The quantitative estimate of drug-likeness (QED) is 0.872. The van der Waals surface area contributed by atoms with Crippen molar-refractivity contribution in [3.05, 3.63) is 58.1 Å². The predicted octanol–water partition coefficient (Wildman–Crippen LogP) is 4.89. The fraction of sp³-hybridized carbons (Fsp3) is 0.278. The van der Waals surface area contributed by atoms with Crippen molar-refractivity contribution in [1.82, 2.24) is 5.32 Å². The van der Waals surface area contributed by atoms with Crippen molar-refractivity contribution < 1.29 is 9.53 Å². The molecule has 4 heteroatoms. The van der Waals surface area contributed by atoms with Crippen LogP contribution in [0.4, 0.5) is 0 Å². The van der Waals surface area contributed by atoms with Crippen molar-refractivity contribution >= 4 is 17.5 Å². The molecule has 0 unspecified atom stereocenters. The van der Waals surface area contributed by atoms with Crippen molar-refractivity contribution in [2.24, 2.45) is 0 Å². The Morgan fingerprint density at radius 3 is 2.32 bits per heavy atom. The van der Waals surface area contributed by atoms with Gasteiger partial charge in [-0.15, -0.1) is 0 Å². The second kappa shape index (κ2) is 6.84. The number of nitrogens with one attached hydrogen (secondary N) is 1. The van der Waals surface area contributed by atoms with Gasteiger partial charge >= 0.3 is 0 Å². The molecule has 0 radical (unpaired) electrons. The monoisotopic (exact) mass is 317 g/mol. The summed E-state index contributed by atoms with van der Waals surface area (Å²) in [6, 6.07) is 11.0. The van der Waals surface area contributed by atoms with E-state index in [0.29, 0.717) is 17.1 Å². The van der Waals surface area contributed by atoms with Crippen LogP contribution in [0.3, 0.4) is 0 Å². The maximum Gasteiger partial charge on any atom is 0.251 e. The molecule has 1 amide bonds. The molecule has 0 bridgehead atoms. The van der Waals surface area contributed by atoms with E-state index in [1.54, 1.807) is 18.2 Å². The van der Waals surface area contributed by atoms with Crippen LogP contribution in [0.5, 0.6) is 11.5 Å². The van der Waals surface area contributed by atoms with Crippen molar-refractivity contribution in [3.63, 3.8) is 0 Å². The third-order valence-corrected chi connectivity index (χ3v) is 3.76. The largest absolute Gasteiger partial charge is 0.457 e. The van der Waals surface area contributed by atoms with Gasteiger partial charge in [-0.2, -0.15) is 0 Å². The number of halogens is 1. The summed E-state index contributed by atoms with van der Waals surface area (Å²) in [5, 5.41) is 3.61. The van der Waals surface area contributed by atoms with Gasteiger partial charge in [0.15, 0.2) is 0 Å². The third-order valence-electron chi connectivity index (χ3n) is 3.16. The highest BCUT2D eigenvalue weighted by molar-refractivity contribution is 6.32. The predicted molar refractivity (Wildman–Crippen MR) is 90.0 cm³/mol. The number of hydrogen-bond donors (Lipinski definition) is 1. The molecule has 0 spiro atoms. The van der Waals surface area contributed by atoms with Gasteiger partial charge in [0.25, 0.3) is 5.91 Å². The van der Waals surface area contributed by atoms with Crippen LogP contribution in [0.25, 0.3) is 0 Å². The maximum atomic E-state index is 12.0. The molecule has 0 aliphatic carbocycles. The Hall–Kier alpha value is -2.00. The van der Waals surface area contributed by atoms with E-state index in [9.17, 15) is 4.79 Å². The van der Waals surface area contributed by atoms with Crippen molar-refractivity contribution in [2.75, 3.05) is 0 Å². The second-order valence-electron chi connectivity index (χ2n) is 5.63. The molecular weight excluding hydrogens is 298 g/mol. The van der Waals surface area contributed by atoms with Gasteiger partial charge in [0, 0.05) is 16.6 Å². The number of benzene rings is 2. The Bertz CT molecular complexity index is 672. The highest BCUT2D eigenvalue weighted by Gasteiger charge is 2.09. The molecule has 0 fully saturated rings. The lowest BCUT2D eigenvalue weighted by Gasteiger charge is -2.12. The molecule has 0 heterocycles. The summed E-state index contributed by atoms with van der Waals surface area (Å²) in [7, 11) is 0. The average molecular weight is 318 g/mol. The molecule has 0 aliphatic heterocycles. The lowest BCUT2D eigenvalue weighted by Crippen LogP contribution is -2.29. The fourth-order valence-corrected chi connectivity index (χ4v) is 2.26. The highest BCUT2D eigenvalue weighted by atomic mass is 35.5.